The molecule has 38 heavy (non-hydrogen) atoms. The summed E-state index contributed by atoms with van der Waals surface area (Å²) < 4.78 is 0. The Labute approximate surface area is 219 Å². The fraction of sp³-hybridized carbons (Fsp3) is 0.480. The van der Waals surface area contributed by atoms with Crippen LogP contribution in [0.15, 0.2) is 30.5 Å². The molecular weight excluding hydrogens is 496 g/mol. The molecule has 208 valence electrons. The maximum Gasteiger partial charge on any atom is 0.326 e. The molecule has 1 heterocycles. The fourth-order valence-corrected chi connectivity index (χ4v) is 3.87. The van der Waals surface area contributed by atoms with Gasteiger partial charge in [0, 0.05) is 23.5 Å². The number of hydrogen-bond acceptors (Lipinski definition) is 7. The van der Waals surface area contributed by atoms with Gasteiger partial charge in [0.2, 0.25) is 23.6 Å². The van der Waals surface area contributed by atoms with E-state index in [0.29, 0.717) is 5.56 Å². The van der Waals surface area contributed by atoms with Crippen molar-refractivity contribution in [3.63, 3.8) is 0 Å². The van der Waals surface area contributed by atoms with Crippen molar-refractivity contribution in [2.75, 3.05) is 0 Å². The number of aromatic amines is 1. The lowest BCUT2D eigenvalue weighted by Gasteiger charge is -2.26. The first-order chi connectivity index (χ1) is 17.8. The van der Waals surface area contributed by atoms with Crippen molar-refractivity contribution in [3.05, 3.63) is 36.0 Å². The normalized spacial score (nSPS) is 15.2. The maximum absolute atomic E-state index is 13.2. The van der Waals surface area contributed by atoms with E-state index in [1.165, 1.54) is 6.92 Å². The van der Waals surface area contributed by atoms with Gasteiger partial charge in [0.25, 0.3) is 0 Å². The Morgan fingerprint density at radius 2 is 1.50 bits per heavy atom. The average Bonchev–Trinajstić information content (AvgIpc) is 3.24. The molecule has 4 amide bonds. The highest BCUT2D eigenvalue weighted by Crippen LogP contribution is 2.19. The van der Waals surface area contributed by atoms with Crippen LogP contribution in [0.25, 0.3) is 10.9 Å². The molecule has 5 unspecified atom stereocenters. The van der Waals surface area contributed by atoms with Crippen molar-refractivity contribution >= 4 is 40.5 Å². The second-order valence-corrected chi connectivity index (χ2v) is 9.65. The van der Waals surface area contributed by atoms with Crippen molar-refractivity contribution in [1.82, 2.24) is 20.9 Å². The van der Waals surface area contributed by atoms with Gasteiger partial charge in [0.05, 0.1) is 12.5 Å². The van der Waals surface area contributed by atoms with Crippen LogP contribution in [-0.4, -0.2) is 75.1 Å². The number of carboxylic acids is 1. The molecule has 1 aromatic heterocycles. The van der Waals surface area contributed by atoms with Gasteiger partial charge in [-0.05, 0) is 30.9 Å². The van der Waals surface area contributed by atoms with Crippen molar-refractivity contribution in [3.8, 4) is 0 Å². The minimum atomic E-state index is -1.46. The molecule has 0 spiro atoms. The van der Waals surface area contributed by atoms with Gasteiger partial charge in [-0.3, -0.25) is 19.2 Å². The van der Waals surface area contributed by atoms with Crippen molar-refractivity contribution in [1.29, 1.82) is 0 Å². The van der Waals surface area contributed by atoms with Crippen molar-refractivity contribution < 1.29 is 34.2 Å². The first-order valence-electron chi connectivity index (χ1n) is 12.2. The van der Waals surface area contributed by atoms with Crippen LogP contribution in [0.3, 0.4) is 0 Å². The lowest BCUT2D eigenvalue weighted by Crippen LogP contribution is -2.59. The Bertz CT molecular complexity index is 1160. The molecule has 2 rings (SSSR count). The minimum absolute atomic E-state index is 0.00891. The zero-order valence-corrected chi connectivity index (χ0v) is 21.6. The van der Waals surface area contributed by atoms with Crippen LogP contribution in [-0.2, 0) is 30.4 Å². The average molecular weight is 533 g/mol. The fourth-order valence-electron chi connectivity index (χ4n) is 3.87. The SMILES string of the molecule is CC(C)CC(NC(=O)C(CC(N)=O)NC(=O)C(N)C(C)O)C(=O)NC(Cc1c[nH]c2ccccc12)C(=O)O. The predicted octanol–water partition coefficient (Wildman–Crippen LogP) is -1.12. The van der Waals surface area contributed by atoms with Crippen LogP contribution >= 0.6 is 0 Å². The van der Waals surface area contributed by atoms with Gasteiger partial charge in [0.1, 0.15) is 24.2 Å². The number of nitrogens with two attached hydrogens (primary N) is 2. The predicted molar refractivity (Wildman–Crippen MR) is 138 cm³/mol. The van der Waals surface area contributed by atoms with Gasteiger partial charge in [0.15, 0.2) is 0 Å². The number of aliphatic carboxylic acids is 1. The first kappa shape index (κ1) is 30.3. The van der Waals surface area contributed by atoms with E-state index in [-0.39, 0.29) is 18.8 Å². The summed E-state index contributed by atoms with van der Waals surface area (Å²) in [5.74, 6) is -4.77. The summed E-state index contributed by atoms with van der Waals surface area (Å²) in [6.45, 7) is 4.89. The number of fused-ring (bicyclic) bond motifs is 1. The molecule has 1 aromatic carbocycles. The lowest BCUT2D eigenvalue weighted by molar-refractivity contribution is -0.142. The topological polar surface area (TPSA) is 230 Å². The summed E-state index contributed by atoms with van der Waals surface area (Å²) in [6.07, 6.45) is -0.00284. The molecule has 0 aliphatic heterocycles. The van der Waals surface area contributed by atoms with E-state index in [4.69, 9.17) is 11.5 Å². The Kier molecular flexibility index (Phi) is 10.8. The molecule has 0 bridgehead atoms. The molecule has 0 saturated carbocycles. The molecule has 0 fully saturated rings. The van der Waals surface area contributed by atoms with E-state index >= 15 is 0 Å². The molecule has 13 heteroatoms. The van der Waals surface area contributed by atoms with Crippen molar-refractivity contribution in [2.24, 2.45) is 17.4 Å². The van der Waals surface area contributed by atoms with E-state index in [1.807, 2.05) is 24.3 Å². The van der Waals surface area contributed by atoms with E-state index in [1.54, 1.807) is 20.0 Å². The second-order valence-electron chi connectivity index (χ2n) is 9.65. The van der Waals surface area contributed by atoms with Crippen LogP contribution in [0.1, 0.15) is 39.2 Å². The highest BCUT2D eigenvalue weighted by Gasteiger charge is 2.32. The van der Waals surface area contributed by atoms with Crippen molar-refractivity contribution in [2.45, 2.75) is 70.3 Å². The Morgan fingerprint density at radius 1 is 0.921 bits per heavy atom. The Balaban J connectivity index is 2.19. The van der Waals surface area contributed by atoms with Crippen LogP contribution in [0.4, 0.5) is 0 Å². The molecule has 2 aromatic rings. The number of nitrogens with one attached hydrogen (secondary N) is 4. The monoisotopic (exact) mass is 532 g/mol. The summed E-state index contributed by atoms with van der Waals surface area (Å²) in [7, 11) is 0. The molecule has 10 N–H and O–H groups in total. The Hall–Kier alpha value is -3.97. The highest BCUT2D eigenvalue weighted by molar-refractivity contribution is 5.96. The molecule has 0 aliphatic rings. The Morgan fingerprint density at radius 3 is 2.08 bits per heavy atom. The number of aromatic nitrogens is 1. The van der Waals surface area contributed by atoms with E-state index in [9.17, 15) is 34.2 Å². The minimum Gasteiger partial charge on any atom is -0.480 e. The van der Waals surface area contributed by atoms with Gasteiger partial charge in [-0.2, -0.15) is 0 Å². The largest absolute Gasteiger partial charge is 0.480 e. The number of aliphatic hydroxyl groups is 1. The summed E-state index contributed by atoms with van der Waals surface area (Å²) in [4.78, 5) is 65.0. The number of hydrogen-bond donors (Lipinski definition) is 8. The van der Waals surface area contributed by atoms with Gasteiger partial charge < -0.3 is 42.6 Å². The van der Waals surface area contributed by atoms with E-state index in [2.05, 4.69) is 20.9 Å². The first-order valence-corrected chi connectivity index (χ1v) is 12.2. The quantitative estimate of drug-likeness (QED) is 0.148. The number of carbonyl (C=O) groups excluding carboxylic acids is 4. The molecule has 5 atom stereocenters. The van der Waals surface area contributed by atoms with Gasteiger partial charge in [-0.1, -0.05) is 32.0 Å². The number of amides is 4. The van der Waals surface area contributed by atoms with Gasteiger partial charge in [-0.25, -0.2) is 4.79 Å². The molecule has 0 radical (unpaired) electrons. The lowest BCUT2D eigenvalue weighted by atomic mass is 10.0. The van der Waals surface area contributed by atoms with E-state index < -0.39 is 66.3 Å². The zero-order chi connectivity index (χ0) is 28.6. The summed E-state index contributed by atoms with van der Waals surface area (Å²) in [5, 5.41) is 27.4. The summed E-state index contributed by atoms with van der Waals surface area (Å²) >= 11 is 0. The molecule has 0 aliphatic carbocycles. The number of aliphatic hydroxyl groups excluding tert-OH is 1. The second kappa shape index (κ2) is 13.5. The number of carboxylic acid groups (broad SMARTS) is 1. The third kappa shape index (κ3) is 8.56. The standard InChI is InChI=1S/C25H36N6O7/c1-12(2)8-17(29-23(35)18(10-20(26)33)30-24(36)21(27)13(3)32)22(34)31-19(25(37)38)9-14-11-28-16-7-5-4-6-15(14)16/h4-7,11-13,17-19,21,28,32H,8-10,27H2,1-3H3,(H2,26,33)(H,29,35)(H,30,36)(H,31,34)(H,37,38). The highest BCUT2D eigenvalue weighted by atomic mass is 16.4. The number of primary amides is 1. The molecular formula is C25H36N6O7. The van der Waals surface area contributed by atoms with Gasteiger partial charge >= 0.3 is 5.97 Å². The number of para-hydroxylation sites is 1. The smallest absolute Gasteiger partial charge is 0.326 e. The number of H-pyrrole nitrogens is 1. The zero-order valence-electron chi connectivity index (χ0n) is 21.6. The number of rotatable bonds is 14. The molecule has 0 saturated heterocycles. The van der Waals surface area contributed by atoms with Gasteiger partial charge in [-0.15, -0.1) is 0 Å². The summed E-state index contributed by atoms with van der Waals surface area (Å²) in [5.41, 5.74) is 12.3. The molecule has 13 nitrogen and oxygen atoms in total. The van der Waals surface area contributed by atoms with Crippen LogP contribution in [0.5, 0.6) is 0 Å². The van der Waals surface area contributed by atoms with Crippen LogP contribution < -0.4 is 27.4 Å². The number of benzene rings is 1. The van der Waals surface area contributed by atoms with Crippen LogP contribution in [0, 0.1) is 5.92 Å². The van der Waals surface area contributed by atoms with E-state index in [0.717, 1.165) is 10.9 Å². The third-order valence-corrected chi connectivity index (χ3v) is 5.91. The maximum atomic E-state index is 13.2. The number of carbonyl (C=O) groups is 5. The summed E-state index contributed by atoms with van der Waals surface area (Å²) in [6, 6.07) is 2.03. The van der Waals surface area contributed by atoms with Crippen LogP contribution in [0.2, 0.25) is 0 Å². The third-order valence-electron chi connectivity index (χ3n) is 5.91.